The van der Waals surface area contributed by atoms with Crippen LogP contribution in [0, 0.1) is 5.92 Å². The summed E-state index contributed by atoms with van der Waals surface area (Å²) in [4.78, 5) is 13.9. The van der Waals surface area contributed by atoms with E-state index in [1.807, 2.05) is 0 Å². The number of hydrogen-bond donors (Lipinski definition) is 2. The zero-order valence-corrected chi connectivity index (χ0v) is 8.08. The fourth-order valence-electron chi connectivity index (χ4n) is 1.66. The van der Waals surface area contributed by atoms with E-state index in [0.717, 1.165) is 12.4 Å². The predicted molar refractivity (Wildman–Crippen MR) is 48.9 cm³/mol. The van der Waals surface area contributed by atoms with E-state index < -0.39 is 23.7 Å². The molecule has 88 valence electrons. The van der Waals surface area contributed by atoms with Crippen molar-refractivity contribution < 1.29 is 23.1 Å². The lowest BCUT2D eigenvalue weighted by molar-refractivity contribution is -0.198. The van der Waals surface area contributed by atoms with Gasteiger partial charge in [-0.1, -0.05) is 0 Å². The van der Waals surface area contributed by atoms with Crippen LogP contribution >= 0.6 is 0 Å². The molecule has 0 radical (unpaired) electrons. The maximum atomic E-state index is 12.9. The molecule has 1 atom stereocenters. The van der Waals surface area contributed by atoms with Crippen LogP contribution in [0.4, 0.5) is 13.2 Å². The van der Waals surface area contributed by atoms with Crippen LogP contribution in [0.1, 0.15) is 12.8 Å². The minimum atomic E-state index is -4.52. The summed E-state index contributed by atoms with van der Waals surface area (Å²) in [5.41, 5.74) is -2.60. The summed E-state index contributed by atoms with van der Waals surface area (Å²) in [7, 11) is 0. The smallest absolute Gasteiger partial charge is 0.432 e. The van der Waals surface area contributed by atoms with E-state index in [4.69, 9.17) is 5.11 Å². The van der Waals surface area contributed by atoms with Crippen LogP contribution in [0.25, 0.3) is 0 Å². The monoisotopic (exact) mass is 234 g/mol. The first-order chi connectivity index (χ1) is 7.37. The van der Waals surface area contributed by atoms with Gasteiger partial charge >= 0.3 is 12.1 Å². The molecule has 2 N–H and O–H groups in total. The van der Waals surface area contributed by atoms with E-state index in [-0.39, 0.29) is 5.57 Å². The molecule has 0 aromatic rings. The Bertz CT molecular complexity index is 385. The molecule has 4 nitrogen and oxygen atoms in total. The highest BCUT2D eigenvalue weighted by Crippen LogP contribution is 2.49. The number of carboxylic acid groups (broad SMARTS) is 1. The van der Waals surface area contributed by atoms with Gasteiger partial charge in [0, 0.05) is 18.3 Å². The van der Waals surface area contributed by atoms with Crippen LogP contribution in [0.3, 0.4) is 0 Å². The standard InChI is InChI=1S/C9H9F3N2O2/c10-9(11,12)8(6-1-2-6)13-3-5(4-14-8)7(15)16/h3-4,6,13H,1-2H2,(H,15,16). The van der Waals surface area contributed by atoms with E-state index in [1.165, 1.54) is 0 Å². The Balaban J connectivity index is 2.28. The number of rotatable bonds is 2. The molecular formula is C9H9F3N2O2. The first-order valence-electron chi connectivity index (χ1n) is 4.70. The van der Waals surface area contributed by atoms with E-state index in [1.54, 1.807) is 0 Å². The number of hydrogen-bond acceptors (Lipinski definition) is 3. The van der Waals surface area contributed by atoms with Gasteiger partial charge in [0.15, 0.2) is 0 Å². The van der Waals surface area contributed by atoms with Gasteiger partial charge in [0.05, 0.1) is 5.57 Å². The van der Waals surface area contributed by atoms with Gasteiger partial charge in [0.2, 0.25) is 5.66 Å². The van der Waals surface area contributed by atoms with Crippen LogP contribution < -0.4 is 5.32 Å². The molecular weight excluding hydrogens is 225 g/mol. The molecule has 1 aliphatic carbocycles. The molecule has 0 bridgehead atoms. The van der Waals surface area contributed by atoms with Crippen molar-refractivity contribution in [3.8, 4) is 0 Å². The lowest BCUT2D eigenvalue weighted by Gasteiger charge is -2.34. The molecule has 1 fully saturated rings. The molecule has 0 spiro atoms. The van der Waals surface area contributed by atoms with Crippen molar-refractivity contribution >= 4 is 12.2 Å². The summed E-state index contributed by atoms with van der Waals surface area (Å²) in [6, 6.07) is 0. The molecule has 1 aliphatic heterocycles. The first-order valence-corrected chi connectivity index (χ1v) is 4.70. The van der Waals surface area contributed by atoms with Crippen molar-refractivity contribution in [3.05, 3.63) is 11.8 Å². The third-order valence-electron chi connectivity index (χ3n) is 2.70. The Kier molecular flexibility index (Phi) is 2.21. The van der Waals surface area contributed by atoms with Crippen molar-refractivity contribution in [2.45, 2.75) is 24.7 Å². The maximum absolute atomic E-state index is 12.9. The Morgan fingerprint density at radius 3 is 2.50 bits per heavy atom. The highest BCUT2D eigenvalue weighted by Gasteiger charge is 2.63. The number of nitrogens with one attached hydrogen (secondary N) is 1. The summed E-state index contributed by atoms with van der Waals surface area (Å²) in [6.45, 7) is 0. The van der Waals surface area contributed by atoms with Crippen molar-refractivity contribution in [3.63, 3.8) is 0 Å². The van der Waals surface area contributed by atoms with E-state index in [2.05, 4.69) is 10.3 Å². The predicted octanol–water partition coefficient (Wildman–Crippen LogP) is 1.30. The Morgan fingerprint density at radius 1 is 1.56 bits per heavy atom. The fraction of sp³-hybridized carbons (Fsp3) is 0.556. The van der Waals surface area contributed by atoms with Crippen LogP contribution in [-0.2, 0) is 4.79 Å². The number of carboxylic acids is 1. The van der Waals surface area contributed by atoms with Gasteiger partial charge in [0.1, 0.15) is 0 Å². The number of aliphatic carboxylic acids is 1. The van der Waals surface area contributed by atoms with Gasteiger partial charge < -0.3 is 10.4 Å². The van der Waals surface area contributed by atoms with Crippen molar-refractivity contribution in [1.29, 1.82) is 0 Å². The summed E-state index contributed by atoms with van der Waals surface area (Å²) >= 11 is 0. The Morgan fingerprint density at radius 2 is 2.19 bits per heavy atom. The van der Waals surface area contributed by atoms with Crippen LogP contribution in [0.15, 0.2) is 16.8 Å². The summed E-state index contributed by atoms with van der Waals surface area (Å²) in [5.74, 6) is -1.90. The molecule has 2 aliphatic rings. The highest BCUT2D eigenvalue weighted by molar-refractivity contribution is 6.08. The number of carbonyl (C=O) groups is 1. The third kappa shape index (κ3) is 1.56. The Labute approximate surface area is 88.9 Å². The quantitative estimate of drug-likeness (QED) is 0.757. The molecule has 1 heterocycles. The summed E-state index contributed by atoms with van der Waals surface area (Å²) in [5, 5.41) is 10.7. The van der Waals surface area contributed by atoms with Crippen molar-refractivity contribution in [2.24, 2.45) is 10.9 Å². The lowest BCUT2D eigenvalue weighted by Crippen LogP contribution is -2.56. The van der Waals surface area contributed by atoms with Gasteiger partial charge in [0.25, 0.3) is 0 Å². The number of halogens is 3. The summed E-state index contributed by atoms with van der Waals surface area (Å²) in [6.07, 6.45) is -2.00. The second-order valence-corrected chi connectivity index (χ2v) is 3.85. The van der Waals surface area contributed by atoms with Crippen LogP contribution in [0.5, 0.6) is 0 Å². The second-order valence-electron chi connectivity index (χ2n) is 3.85. The third-order valence-corrected chi connectivity index (χ3v) is 2.70. The lowest BCUT2D eigenvalue weighted by atomic mass is 10.0. The molecule has 2 rings (SSSR count). The SMILES string of the molecule is O=C(O)C1=CNC(C2CC2)(C(F)(F)F)N=C1. The molecule has 1 unspecified atom stereocenters. The fourth-order valence-corrected chi connectivity index (χ4v) is 1.66. The second kappa shape index (κ2) is 3.23. The first kappa shape index (κ1) is 11.0. The molecule has 0 aromatic heterocycles. The topological polar surface area (TPSA) is 61.7 Å². The van der Waals surface area contributed by atoms with Crippen molar-refractivity contribution in [2.75, 3.05) is 0 Å². The van der Waals surface area contributed by atoms with Gasteiger partial charge in [-0.25, -0.2) is 4.79 Å². The van der Waals surface area contributed by atoms with Gasteiger partial charge in [-0.05, 0) is 12.8 Å². The molecule has 7 heteroatoms. The van der Waals surface area contributed by atoms with Gasteiger partial charge in [-0.3, -0.25) is 4.99 Å². The maximum Gasteiger partial charge on any atom is 0.432 e. The van der Waals surface area contributed by atoms with Crippen molar-refractivity contribution in [1.82, 2.24) is 5.32 Å². The molecule has 1 saturated carbocycles. The number of aliphatic imine (C=N–C) groups is 1. The highest BCUT2D eigenvalue weighted by atomic mass is 19.4. The summed E-state index contributed by atoms with van der Waals surface area (Å²) < 4.78 is 38.6. The zero-order valence-electron chi connectivity index (χ0n) is 8.08. The van der Waals surface area contributed by atoms with E-state index in [9.17, 15) is 18.0 Å². The van der Waals surface area contributed by atoms with E-state index >= 15 is 0 Å². The van der Waals surface area contributed by atoms with Crippen LogP contribution in [0.2, 0.25) is 0 Å². The molecule has 0 aromatic carbocycles. The molecule has 16 heavy (non-hydrogen) atoms. The number of nitrogens with zero attached hydrogens (tertiary/aromatic N) is 1. The minimum Gasteiger partial charge on any atom is -0.478 e. The normalized spacial score (nSPS) is 29.6. The average Bonchev–Trinajstić information content (AvgIpc) is 2.99. The minimum absolute atomic E-state index is 0.277. The van der Waals surface area contributed by atoms with Crippen LogP contribution in [-0.4, -0.2) is 29.1 Å². The Hall–Kier alpha value is -1.53. The van der Waals surface area contributed by atoms with Gasteiger partial charge in [-0.2, -0.15) is 13.2 Å². The zero-order chi connectivity index (χ0) is 12.0. The average molecular weight is 234 g/mol. The molecule has 0 amide bonds. The number of alkyl halides is 3. The largest absolute Gasteiger partial charge is 0.478 e. The molecule has 0 saturated heterocycles. The van der Waals surface area contributed by atoms with E-state index in [0.29, 0.717) is 12.8 Å². The van der Waals surface area contributed by atoms with Gasteiger partial charge in [-0.15, -0.1) is 0 Å².